The summed E-state index contributed by atoms with van der Waals surface area (Å²) in [6.45, 7) is 2.19. The number of carboxylic acids is 1. The number of hydrogen-bond donors (Lipinski definition) is 2. The van der Waals surface area contributed by atoms with Gasteiger partial charge in [-0.1, -0.05) is 0 Å². The molecule has 0 aromatic rings. The van der Waals surface area contributed by atoms with Gasteiger partial charge in [0.1, 0.15) is 0 Å². The monoisotopic (exact) mass is 201 g/mol. The van der Waals surface area contributed by atoms with E-state index in [-0.39, 0.29) is 24.5 Å². The topological polar surface area (TPSA) is 75.6 Å². The zero-order valence-corrected chi connectivity index (χ0v) is 8.16. The Morgan fingerprint density at radius 2 is 2.21 bits per heavy atom. The van der Waals surface area contributed by atoms with Gasteiger partial charge in [0.2, 0.25) is 0 Å². The standard InChI is InChI=1S/C9H15NO4/c1-2-14-8(11)5-10-7-4-3-6(7)9(12)13/h6-7,10H,2-5H2,1H3,(H,12,13). The second kappa shape index (κ2) is 4.95. The van der Waals surface area contributed by atoms with E-state index in [1.54, 1.807) is 6.92 Å². The Labute approximate surface area is 82.4 Å². The molecule has 1 rings (SSSR count). The van der Waals surface area contributed by atoms with E-state index in [4.69, 9.17) is 9.84 Å². The van der Waals surface area contributed by atoms with Crippen LogP contribution in [0.5, 0.6) is 0 Å². The van der Waals surface area contributed by atoms with E-state index in [0.717, 1.165) is 6.42 Å². The summed E-state index contributed by atoms with van der Waals surface area (Å²) in [5.41, 5.74) is 0. The Bertz CT molecular complexity index is 229. The van der Waals surface area contributed by atoms with Crippen molar-refractivity contribution in [2.75, 3.05) is 13.2 Å². The van der Waals surface area contributed by atoms with E-state index in [2.05, 4.69) is 5.32 Å². The molecule has 0 spiro atoms. The highest BCUT2D eigenvalue weighted by Crippen LogP contribution is 2.27. The highest BCUT2D eigenvalue weighted by Gasteiger charge is 2.36. The first-order valence-corrected chi connectivity index (χ1v) is 4.77. The van der Waals surface area contributed by atoms with Crippen LogP contribution < -0.4 is 5.32 Å². The largest absolute Gasteiger partial charge is 0.481 e. The molecule has 0 saturated heterocycles. The molecule has 2 atom stereocenters. The minimum absolute atomic E-state index is 0.0723. The summed E-state index contributed by atoms with van der Waals surface area (Å²) in [7, 11) is 0. The molecule has 2 unspecified atom stereocenters. The number of hydrogen-bond acceptors (Lipinski definition) is 4. The van der Waals surface area contributed by atoms with E-state index in [9.17, 15) is 9.59 Å². The molecule has 1 fully saturated rings. The van der Waals surface area contributed by atoms with Gasteiger partial charge in [0.15, 0.2) is 0 Å². The molecular formula is C9H15NO4. The molecule has 80 valence electrons. The first-order valence-electron chi connectivity index (χ1n) is 4.77. The van der Waals surface area contributed by atoms with Crippen molar-refractivity contribution in [3.05, 3.63) is 0 Å². The minimum atomic E-state index is -0.794. The zero-order valence-electron chi connectivity index (χ0n) is 8.16. The summed E-state index contributed by atoms with van der Waals surface area (Å²) in [5.74, 6) is -1.47. The number of nitrogens with one attached hydrogen (secondary N) is 1. The fraction of sp³-hybridized carbons (Fsp3) is 0.778. The maximum absolute atomic E-state index is 10.9. The fourth-order valence-corrected chi connectivity index (χ4v) is 1.47. The number of aliphatic carboxylic acids is 1. The van der Waals surface area contributed by atoms with Gasteiger partial charge in [-0.3, -0.25) is 9.59 Å². The predicted molar refractivity (Wildman–Crippen MR) is 48.8 cm³/mol. The third kappa shape index (κ3) is 2.70. The molecular weight excluding hydrogens is 186 g/mol. The average Bonchev–Trinajstić information content (AvgIpc) is 2.01. The zero-order chi connectivity index (χ0) is 10.6. The number of carbonyl (C=O) groups excluding carboxylic acids is 1. The Morgan fingerprint density at radius 1 is 1.50 bits per heavy atom. The van der Waals surface area contributed by atoms with Crippen molar-refractivity contribution in [3.63, 3.8) is 0 Å². The molecule has 5 heteroatoms. The van der Waals surface area contributed by atoms with Crippen LogP contribution in [0.4, 0.5) is 0 Å². The van der Waals surface area contributed by atoms with Crippen molar-refractivity contribution in [2.24, 2.45) is 5.92 Å². The van der Waals surface area contributed by atoms with Crippen molar-refractivity contribution >= 4 is 11.9 Å². The van der Waals surface area contributed by atoms with Gasteiger partial charge in [-0.25, -0.2) is 0 Å². The molecule has 0 aromatic heterocycles. The highest BCUT2D eigenvalue weighted by atomic mass is 16.5. The molecule has 1 aliphatic carbocycles. The number of carboxylic acid groups (broad SMARTS) is 1. The van der Waals surface area contributed by atoms with E-state index in [1.807, 2.05) is 0 Å². The summed E-state index contributed by atoms with van der Waals surface area (Å²) < 4.78 is 4.71. The maximum atomic E-state index is 10.9. The predicted octanol–water partition coefficient (Wildman–Crippen LogP) is 0.00230. The van der Waals surface area contributed by atoms with Gasteiger partial charge in [0, 0.05) is 6.04 Å². The maximum Gasteiger partial charge on any atom is 0.319 e. The van der Waals surface area contributed by atoms with Gasteiger partial charge < -0.3 is 15.2 Å². The molecule has 0 amide bonds. The van der Waals surface area contributed by atoms with Crippen molar-refractivity contribution in [2.45, 2.75) is 25.8 Å². The van der Waals surface area contributed by atoms with E-state index >= 15 is 0 Å². The second-order valence-electron chi connectivity index (χ2n) is 3.31. The molecule has 1 aliphatic rings. The normalized spacial score (nSPS) is 25.2. The van der Waals surface area contributed by atoms with Crippen LogP contribution in [-0.4, -0.2) is 36.2 Å². The van der Waals surface area contributed by atoms with Gasteiger partial charge >= 0.3 is 11.9 Å². The van der Waals surface area contributed by atoms with Crippen LogP contribution >= 0.6 is 0 Å². The van der Waals surface area contributed by atoms with Crippen molar-refractivity contribution in [1.82, 2.24) is 5.32 Å². The van der Waals surface area contributed by atoms with Gasteiger partial charge in [-0.2, -0.15) is 0 Å². The average molecular weight is 201 g/mol. The summed E-state index contributed by atoms with van der Waals surface area (Å²) in [6.07, 6.45) is 1.51. The quantitative estimate of drug-likeness (QED) is 0.612. The number of rotatable bonds is 5. The molecule has 0 aliphatic heterocycles. The Hall–Kier alpha value is -1.10. The lowest BCUT2D eigenvalue weighted by atomic mass is 9.79. The van der Waals surface area contributed by atoms with Crippen molar-refractivity contribution in [1.29, 1.82) is 0 Å². The lowest BCUT2D eigenvalue weighted by molar-refractivity contribution is -0.148. The summed E-state index contributed by atoms with van der Waals surface area (Å²) in [6, 6.07) is -0.0723. The Balaban J connectivity index is 2.19. The number of carbonyl (C=O) groups is 2. The van der Waals surface area contributed by atoms with Crippen LogP contribution in [-0.2, 0) is 14.3 Å². The lowest BCUT2D eigenvalue weighted by Crippen LogP contribution is -2.49. The molecule has 14 heavy (non-hydrogen) atoms. The molecule has 5 nitrogen and oxygen atoms in total. The molecule has 0 radical (unpaired) electrons. The smallest absolute Gasteiger partial charge is 0.319 e. The molecule has 0 heterocycles. The molecule has 0 bridgehead atoms. The Kier molecular flexibility index (Phi) is 3.88. The van der Waals surface area contributed by atoms with Gasteiger partial charge in [-0.05, 0) is 19.8 Å². The summed E-state index contributed by atoms with van der Waals surface area (Å²) >= 11 is 0. The SMILES string of the molecule is CCOC(=O)CNC1CCC1C(=O)O. The summed E-state index contributed by atoms with van der Waals surface area (Å²) in [4.78, 5) is 21.5. The Morgan fingerprint density at radius 3 is 2.64 bits per heavy atom. The van der Waals surface area contributed by atoms with Crippen molar-refractivity contribution < 1.29 is 19.4 Å². The van der Waals surface area contributed by atoms with Gasteiger partial charge in [-0.15, -0.1) is 0 Å². The van der Waals surface area contributed by atoms with Crippen LogP contribution in [0.2, 0.25) is 0 Å². The van der Waals surface area contributed by atoms with Crippen molar-refractivity contribution in [3.8, 4) is 0 Å². The first-order chi connectivity index (χ1) is 6.65. The molecule has 0 aromatic carbocycles. The van der Waals surface area contributed by atoms with Gasteiger partial charge in [0.25, 0.3) is 0 Å². The van der Waals surface area contributed by atoms with Crippen LogP contribution in [0, 0.1) is 5.92 Å². The summed E-state index contributed by atoms with van der Waals surface area (Å²) in [5, 5.41) is 11.6. The third-order valence-electron chi connectivity index (χ3n) is 2.41. The third-order valence-corrected chi connectivity index (χ3v) is 2.41. The van der Waals surface area contributed by atoms with E-state index in [1.165, 1.54) is 0 Å². The minimum Gasteiger partial charge on any atom is -0.481 e. The van der Waals surface area contributed by atoms with Crippen LogP contribution in [0.15, 0.2) is 0 Å². The number of ether oxygens (including phenoxy) is 1. The number of esters is 1. The molecule has 1 saturated carbocycles. The highest BCUT2D eigenvalue weighted by molar-refractivity contribution is 5.73. The molecule has 2 N–H and O–H groups in total. The fourth-order valence-electron chi connectivity index (χ4n) is 1.47. The van der Waals surface area contributed by atoms with E-state index in [0.29, 0.717) is 13.0 Å². The van der Waals surface area contributed by atoms with Gasteiger partial charge in [0.05, 0.1) is 19.1 Å². The lowest BCUT2D eigenvalue weighted by Gasteiger charge is -2.33. The van der Waals surface area contributed by atoms with Crippen LogP contribution in [0.1, 0.15) is 19.8 Å². The van der Waals surface area contributed by atoms with E-state index < -0.39 is 5.97 Å². The second-order valence-corrected chi connectivity index (χ2v) is 3.31. The van der Waals surface area contributed by atoms with Crippen LogP contribution in [0.3, 0.4) is 0 Å². The first kappa shape index (κ1) is 11.0. The van der Waals surface area contributed by atoms with Crippen LogP contribution in [0.25, 0.3) is 0 Å².